The molecular weight excluding hydrogens is 367 g/mol. The van der Waals surface area contributed by atoms with Crippen molar-refractivity contribution in [3.8, 4) is 22.3 Å². The largest absolute Gasteiger partial charge is 0.206 e. The van der Waals surface area contributed by atoms with Crippen LogP contribution in [0.3, 0.4) is 0 Å². The fourth-order valence-electron chi connectivity index (χ4n) is 4.22. The molecule has 0 fully saturated rings. The van der Waals surface area contributed by atoms with E-state index < -0.39 is 0 Å². The average molecular weight is 393 g/mol. The molecule has 0 atom stereocenters. The second-order valence-corrected chi connectivity index (χ2v) is 8.23. The molecule has 0 bridgehead atoms. The minimum atomic E-state index is -0.169. The van der Waals surface area contributed by atoms with Crippen LogP contribution in [-0.4, -0.2) is 0 Å². The average Bonchev–Trinajstić information content (AvgIpc) is 2.71. The third-order valence-corrected chi connectivity index (χ3v) is 6.04. The van der Waals surface area contributed by atoms with Crippen molar-refractivity contribution in [3.05, 3.63) is 82.1 Å². The van der Waals surface area contributed by atoms with Crippen LogP contribution in [0.4, 0.5) is 4.39 Å². The molecule has 0 radical (unpaired) electrons. The summed E-state index contributed by atoms with van der Waals surface area (Å²) < 4.78 is 14.9. The fraction of sp³-hybridized carbons (Fsp3) is 0.308. The molecular formula is C26H26ClF. The molecule has 0 spiro atoms. The van der Waals surface area contributed by atoms with Gasteiger partial charge in [0, 0.05) is 10.6 Å². The van der Waals surface area contributed by atoms with Crippen LogP contribution >= 0.6 is 11.6 Å². The van der Waals surface area contributed by atoms with Gasteiger partial charge in [0.15, 0.2) is 0 Å². The van der Waals surface area contributed by atoms with Crippen molar-refractivity contribution < 1.29 is 4.39 Å². The molecule has 1 aliphatic carbocycles. The predicted molar refractivity (Wildman–Crippen MR) is 118 cm³/mol. The maximum absolute atomic E-state index is 14.9. The van der Waals surface area contributed by atoms with Gasteiger partial charge in [-0.25, -0.2) is 4.39 Å². The van der Waals surface area contributed by atoms with E-state index >= 15 is 0 Å². The van der Waals surface area contributed by atoms with Crippen LogP contribution in [0, 0.1) is 5.82 Å². The van der Waals surface area contributed by atoms with Crippen LogP contribution in [0.2, 0.25) is 5.02 Å². The van der Waals surface area contributed by atoms with Gasteiger partial charge < -0.3 is 0 Å². The molecule has 0 amide bonds. The van der Waals surface area contributed by atoms with Gasteiger partial charge in [-0.05, 0) is 83.3 Å². The van der Waals surface area contributed by atoms with Crippen molar-refractivity contribution in [2.45, 2.75) is 51.9 Å². The first kappa shape index (κ1) is 19.2. The van der Waals surface area contributed by atoms with E-state index in [9.17, 15) is 4.39 Å². The molecule has 144 valence electrons. The SMILES string of the molecule is CCCCCCc1ccc2c(c1)CCc1cc(-c3ccc(Cl)cc3)c(F)cc1-2. The van der Waals surface area contributed by atoms with E-state index in [2.05, 4.69) is 25.1 Å². The van der Waals surface area contributed by atoms with Crippen LogP contribution < -0.4 is 0 Å². The molecule has 28 heavy (non-hydrogen) atoms. The van der Waals surface area contributed by atoms with E-state index in [1.165, 1.54) is 47.9 Å². The zero-order chi connectivity index (χ0) is 19.5. The summed E-state index contributed by atoms with van der Waals surface area (Å²) in [6, 6.07) is 17.9. The maximum Gasteiger partial charge on any atom is 0.131 e. The van der Waals surface area contributed by atoms with Crippen LogP contribution in [0.1, 0.15) is 49.3 Å². The Hall–Kier alpha value is -2.12. The molecule has 0 saturated heterocycles. The minimum absolute atomic E-state index is 0.169. The Kier molecular flexibility index (Phi) is 5.82. The summed E-state index contributed by atoms with van der Waals surface area (Å²) in [5, 5.41) is 0.668. The fourth-order valence-corrected chi connectivity index (χ4v) is 4.35. The maximum atomic E-state index is 14.9. The number of unbranched alkanes of at least 4 members (excludes halogenated alkanes) is 3. The minimum Gasteiger partial charge on any atom is -0.206 e. The smallest absolute Gasteiger partial charge is 0.131 e. The summed E-state index contributed by atoms with van der Waals surface area (Å²) in [6.45, 7) is 2.24. The molecule has 0 aromatic heterocycles. The molecule has 0 nitrogen and oxygen atoms in total. The number of halogens is 2. The van der Waals surface area contributed by atoms with Gasteiger partial charge in [0.1, 0.15) is 5.82 Å². The van der Waals surface area contributed by atoms with Crippen LogP contribution in [0.25, 0.3) is 22.3 Å². The summed E-state index contributed by atoms with van der Waals surface area (Å²) in [5.41, 5.74) is 7.78. The zero-order valence-electron chi connectivity index (χ0n) is 16.4. The van der Waals surface area contributed by atoms with E-state index in [-0.39, 0.29) is 5.82 Å². The Labute approximate surface area is 172 Å². The lowest BCUT2D eigenvalue weighted by atomic mass is 9.83. The summed E-state index contributed by atoms with van der Waals surface area (Å²) in [7, 11) is 0. The number of fused-ring (bicyclic) bond motifs is 3. The predicted octanol–water partition coefficient (Wildman–Crippen LogP) is 8.03. The third kappa shape index (κ3) is 4.00. The van der Waals surface area contributed by atoms with Crippen molar-refractivity contribution in [2.75, 3.05) is 0 Å². The van der Waals surface area contributed by atoms with Crippen LogP contribution in [0.5, 0.6) is 0 Å². The molecule has 2 heteroatoms. The first-order chi connectivity index (χ1) is 13.7. The standard InChI is InChI=1S/C26H26ClF/c1-2-3-4-5-6-18-7-14-23-20(15-18)8-9-21-16-25(26(28)17-24(21)23)19-10-12-22(27)13-11-19/h7,10-17H,2-6,8-9H2,1H3. The van der Waals surface area contributed by atoms with E-state index in [0.717, 1.165) is 30.4 Å². The highest BCUT2D eigenvalue weighted by molar-refractivity contribution is 6.30. The number of aryl methyl sites for hydroxylation is 3. The summed E-state index contributed by atoms with van der Waals surface area (Å²) in [5.74, 6) is -0.169. The van der Waals surface area contributed by atoms with Crippen molar-refractivity contribution in [2.24, 2.45) is 0 Å². The lowest BCUT2D eigenvalue weighted by Crippen LogP contribution is -2.06. The quantitative estimate of drug-likeness (QED) is 0.372. The highest BCUT2D eigenvalue weighted by Crippen LogP contribution is 2.38. The second kappa shape index (κ2) is 8.49. The van der Waals surface area contributed by atoms with Gasteiger partial charge in [-0.1, -0.05) is 68.1 Å². The van der Waals surface area contributed by atoms with Gasteiger partial charge in [0.05, 0.1) is 0 Å². The number of benzene rings is 3. The number of hydrogen-bond donors (Lipinski definition) is 0. The van der Waals surface area contributed by atoms with Gasteiger partial charge in [-0.3, -0.25) is 0 Å². The Balaban J connectivity index is 1.62. The first-order valence-electron chi connectivity index (χ1n) is 10.4. The Bertz CT molecular complexity index is 972. The van der Waals surface area contributed by atoms with Crippen molar-refractivity contribution >= 4 is 11.6 Å². The Morgan fingerprint density at radius 1 is 0.786 bits per heavy atom. The molecule has 0 heterocycles. The van der Waals surface area contributed by atoms with Gasteiger partial charge >= 0.3 is 0 Å². The zero-order valence-corrected chi connectivity index (χ0v) is 17.2. The number of hydrogen-bond acceptors (Lipinski definition) is 0. The number of rotatable bonds is 6. The molecule has 0 aliphatic heterocycles. The van der Waals surface area contributed by atoms with Gasteiger partial charge in [0.25, 0.3) is 0 Å². The molecule has 4 rings (SSSR count). The topological polar surface area (TPSA) is 0 Å². The van der Waals surface area contributed by atoms with E-state index in [1.807, 2.05) is 30.3 Å². The van der Waals surface area contributed by atoms with E-state index in [4.69, 9.17) is 11.6 Å². The van der Waals surface area contributed by atoms with E-state index in [0.29, 0.717) is 10.6 Å². The molecule has 3 aromatic rings. The second-order valence-electron chi connectivity index (χ2n) is 7.80. The normalized spacial score (nSPS) is 12.5. The lowest BCUT2D eigenvalue weighted by Gasteiger charge is -2.22. The monoisotopic (exact) mass is 392 g/mol. The van der Waals surface area contributed by atoms with Gasteiger partial charge in [-0.2, -0.15) is 0 Å². The van der Waals surface area contributed by atoms with Crippen molar-refractivity contribution in [1.29, 1.82) is 0 Å². The Morgan fingerprint density at radius 3 is 2.29 bits per heavy atom. The molecule has 0 saturated carbocycles. The van der Waals surface area contributed by atoms with Crippen molar-refractivity contribution in [1.82, 2.24) is 0 Å². The summed E-state index contributed by atoms with van der Waals surface area (Å²) in [6.07, 6.45) is 8.26. The summed E-state index contributed by atoms with van der Waals surface area (Å²) in [4.78, 5) is 0. The van der Waals surface area contributed by atoms with Gasteiger partial charge in [0.2, 0.25) is 0 Å². The lowest BCUT2D eigenvalue weighted by molar-refractivity contribution is 0.630. The Morgan fingerprint density at radius 2 is 1.54 bits per heavy atom. The molecule has 0 unspecified atom stereocenters. The summed E-state index contributed by atoms with van der Waals surface area (Å²) >= 11 is 5.98. The highest BCUT2D eigenvalue weighted by atomic mass is 35.5. The van der Waals surface area contributed by atoms with E-state index in [1.54, 1.807) is 6.07 Å². The van der Waals surface area contributed by atoms with Gasteiger partial charge in [-0.15, -0.1) is 0 Å². The van der Waals surface area contributed by atoms with Crippen LogP contribution in [-0.2, 0) is 19.3 Å². The highest BCUT2D eigenvalue weighted by Gasteiger charge is 2.19. The first-order valence-corrected chi connectivity index (χ1v) is 10.7. The molecule has 0 N–H and O–H groups in total. The van der Waals surface area contributed by atoms with Crippen LogP contribution in [0.15, 0.2) is 54.6 Å². The molecule has 1 aliphatic rings. The van der Waals surface area contributed by atoms with Crippen molar-refractivity contribution in [3.63, 3.8) is 0 Å². The molecule has 3 aromatic carbocycles. The third-order valence-electron chi connectivity index (χ3n) is 5.79.